The van der Waals surface area contributed by atoms with E-state index in [0.29, 0.717) is 9.48 Å². The van der Waals surface area contributed by atoms with Crippen molar-refractivity contribution in [3.63, 3.8) is 0 Å². The second-order valence-corrected chi connectivity index (χ2v) is 21.8. The van der Waals surface area contributed by atoms with E-state index in [-0.39, 0.29) is 13.1 Å². The molecule has 2 aromatic rings. The van der Waals surface area contributed by atoms with Crippen LogP contribution in [0.4, 0.5) is 0 Å². The standard InChI is InChI=1S/C36H54N4O6S2/c1-31(2,3)39(41)27-35(47(43,44)33(7,8)9,25-37-23-29-19-15-13-16-20-29)36(28-40(42)32(4,5)6,48(45,46)34(10,11)12)26-38-24-30-21-17-14-18-22-30/h13-22,25-28H,23-24H2,1-12H3/b37-25?,38-26?,39-27-,40-28-/t35-,36+. The van der Waals surface area contributed by atoms with Gasteiger partial charge in [-0.1, -0.05) is 60.7 Å². The van der Waals surface area contributed by atoms with E-state index in [9.17, 15) is 10.4 Å². The third-order valence-corrected chi connectivity index (χ3v) is 14.1. The molecule has 0 bridgehead atoms. The first-order valence-electron chi connectivity index (χ1n) is 15.9. The summed E-state index contributed by atoms with van der Waals surface area (Å²) in [6.45, 7) is 18.0. The molecule has 0 aliphatic carbocycles. The molecule has 0 saturated heterocycles. The molecule has 0 fully saturated rings. The summed E-state index contributed by atoms with van der Waals surface area (Å²) >= 11 is 0. The van der Waals surface area contributed by atoms with Crippen LogP contribution in [0.15, 0.2) is 70.6 Å². The molecule has 0 heterocycles. The van der Waals surface area contributed by atoms with E-state index in [1.165, 1.54) is 41.5 Å². The van der Waals surface area contributed by atoms with Gasteiger partial charge in [0.05, 0.1) is 22.6 Å². The summed E-state index contributed by atoms with van der Waals surface area (Å²) in [4.78, 5) is 9.12. The third-order valence-electron chi connectivity index (χ3n) is 7.85. The lowest BCUT2D eigenvalue weighted by atomic mass is 9.92. The predicted octanol–water partition coefficient (Wildman–Crippen LogP) is 6.19. The second-order valence-electron chi connectivity index (χ2n) is 16.0. The molecular weight excluding hydrogens is 649 g/mol. The molecule has 0 spiro atoms. The van der Waals surface area contributed by atoms with Gasteiger partial charge in [0.25, 0.3) is 0 Å². The highest BCUT2D eigenvalue weighted by Gasteiger charge is 2.72. The quantitative estimate of drug-likeness (QED) is 0.118. The van der Waals surface area contributed by atoms with Gasteiger partial charge in [0.2, 0.25) is 9.49 Å². The fraction of sp³-hybridized carbons (Fsp3) is 0.556. The Bertz CT molecular complexity index is 1610. The Morgan fingerprint density at radius 3 is 1.04 bits per heavy atom. The normalized spacial score (nSPS) is 17.4. The Kier molecular flexibility index (Phi) is 12.1. The molecule has 0 aliphatic heterocycles. The maximum atomic E-state index is 15.3. The largest absolute Gasteiger partial charge is 0.624 e. The number of nitrogens with zero attached hydrogens (tertiary/aromatic N) is 4. The molecule has 0 N–H and O–H groups in total. The molecule has 0 unspecified atom stereocenters. The van der Waals surface area contributed by atoms with Gasteiger partial charge in [-0.2, -0.15) is 0 Å². The van der Waals surface area contributed by atoms with Crippen molar-refractivity contribution >= 4 is 44.5 Å². The third kappa shape index (κ3) is 8.42. The first-order chi connectivity index (χ1) is 21.7. The van der Waals surface area contributed by atoms with Gasteiger partial charge in [-0.3, -0.25) is 9.98 Å². The molecule has 0 aliphatic rings. The minimum Gasteiger partial charge on any atom is -0.624 e. The van der Waals surface area contributed by atoms with Gasteiger partial charge in [0.15, 0.2) is 43.2 Å². The Hall–Kier alpha value is -3.38. The molecule has 12 heteroatoms. The number of benzene rings is 2. The van der Waals surface area contributed by atoms with Crippen LogP contribution < -0.4 is 0 Å². The molecule has 48 heavy (non-hydrogen) atoms. The van der Waals surface area contributed by atoms with Gasteiger partial charge in [-0.25, -0.2) is 26.3 Å². The van der Waals surface area contributed by atoms with Crippen molar-refractivity contribution in [2.45, 2.75) is 126 Å². The Balaban J connectivity index is 3.47. The highest BCUT2D eigenvalue weighted by molar-refractivity contribution is 8.00. The van der Waals surface area contributed by atoms with Crippen molar-refractivity contribution in [3.05, 3.63) is 82.2 Å². The van der Waals surface area contributed by atoms with Crippen LogP contribution in [-0.2, 0) is 32.8 Å². The summed E-state index contributed by atoms with van der Waals surface area (Å²) < 4.78 is 53.2. The molecule has 0 radical (unpaired) electrons. The van der Waals surface area contributed by atoms with Gasteiger partial charge >= 0.3 is 0 Å². The first kappa shape index (κ1) is 40.8. The average molecular weight is 703 g/mol. The number of hydrogen-bond donors (Lipinski definition) is 0. The lowest BCUT2D eigenvalue weighted by molar-refractivity contribution is -0.534. The highest BCUT2D eigenvalue weighted by Crippen LogP contribution is 2.43. The van der Waals surface area contributed by atoms with E-state index in [1.807, 2.05) is 12.1 Å². The number of hydrogen-bond acceptors (Lipinski definition) is 8. The van der Waals surface area contributed by atoms with Gasteiger partial charge in [-0.05, 0) is 52.7 Å². The minimum atomic E-state index is -4.81. The number of aliphatic imine (C=N–C) groups is 2. The lowest BCUT2D eigenvalue weighted by Gasteiger charge is -2.44. The molecule has 2 atom stereocenters. The van der Waals surface area contributed by atoms with E-state index in [4.69, 9.17) is 0 Å². The molecular formula is C36H54N4O6S2. The topological polar surface area (TPSA) is 145 Å². The summed E-state index contributed by atoms with van der Waals surface area (Å²) in [6, 6.07) is 18.0. The molecule has 0 saturated carbocycles. The van der Waals surface area contributed by atoms with Crippen LogP contribution in [0.3, 0.4) is 0 Å². The number of rotatable bonds is 11. The van der Waals surface area contributed by atoms with Crippen LogP contribution in [0, 0.1) is 10.4 Å². The molecule has 0 aromatic heterocycles. The molecule has 10 nitrogen and oxygen atoms in total. The SMILES string of the molecule is CC(C)(C)/[N+]([O-])=C/[C@@](C=NCc1ccccc1)([C@@](C=NCc1ccccc1)(/C=[N+](\[O-])C(C)(C)C)S(=O)(=O)C(C)(C)C)S(=O)(=O)C(C)(C)C. The van der Waals surface area contributed by atoms with Crippen molar-refractivity contribution in [3.8, 4) is 0 Å². The van der Waals surface area contributed by atoms with Crippen LogP contribution >= 0.6 is 0 Å². The first-order valence-corrected chi connectivity index (χ1v) is 18.9. The second kappa shape index (κ2) is 14.2. The van der Waals surface area contributed by atoms with Crippen molar-refractivity contribution < 1.29 is 26.3 Å². The molecule has 2 aromatic carbocycles. The van der Waals surface area contributed by atoms with E-state index in [1.54, 1.807) is 90.1 Å². The Morgan fingerprint density at radius 1 is 0.542 bits per heavy atom. The summed E-state index contributed by atoms with van der Waals surface area (Å²) in [5, 5.41) is 28.2. The highest BCUT2D eigenvalue weighted by atomic mass is 32.2. The van der Waals surface area contributed by atoms with Crippen molar-refractivity contribution in [2.75, 3.05) is 0 Å². The van der Waals surface area contributed by atoms with E-state index in [2.05, 4.69) is 9.98 Å². The summed E-state index contributed by atoms with van der Waals surface area (Å²) in [5.41, 5.74) is -0.995. The van der Waals surface area contributed by atoms with Crippen LogP contribution in [0.25, 0.3) is 0 Å². The van der Waals surface area contributed by atoms with E-state index in [0.717, 1.165) is 36.0 Å². The van der Waals surface area contributed by atoms with Crippen LogP contribution in [0.1, 0.15) is 94.2 Å². The molecule has 2 rings (SSSR count). The van der Waals surface area contributed by atoms with Gasteiger partial charge < -0.3 is 10.4 Å². The van der Waals surface area contributed by atoms with E-state index < -0.39 is 49.7 Å². The maximum Gasteiger partial charge on any atom is 0.218 e. The van der Waals surface area contributed by atoms with Gasteiger partial charge in [0.1, 0.15) is 0 Å². The zero-order chi connectivity index (χ0) is 37.0. The summed E-state index contributed by atoms with van der Waals surface area (Å²) in [7, 11) is -9.62. The summed E-state index contributed by atoms with van der Waals surface area (Å²) in [6.07, 6.45) is 3.80. The van der Waals surface area contributed by atoms with Crippen LogP contribution in [0.2, 0.25) is 0 Å². The fourth-order valence-corrected chi connectivity index (χ4v) is 9.29. The zero-order valence-corrected chi connectivity index (χ0v) is 32.2. The predicted molar refractivity (Wildman–Crippen MR) is 199 cm³/mol. The monoisotopic (exact) mass is 702 g/mol. The lowest BCUT2D eigenvalue weighted by Crippen LogP contribution is -2.73. The number of hydroxylamine groups is 2. The van der Waals surface area contributed by atoms with Crippen LogP contribution in [0.5, 0.6) is 0 Å². The minimum absolute atomic E-state index is 0.0301. The average Bonchev–Trinajstić information content (AvgIpc) is 2.94. The zero-order valence-electron chi connectivity index (χ0n) is 30.6. The van der Waals surface area contributed by atoms with Crippen molar-refractivity contribution in [1.29, 1.82) is 0 Å². The van der Waals surface area contributed by atoms with Crippen molar-refractivity contribution in [1.82, 2.24) is 0 Å². The number of sulfone groups is 2. The van der Waals surface area contributed by atoms with Gasteiger partial charge in [0, 0.05) is 54.0 Å². The fourth-order valence-electron chi connectivity index (χ4n) is 4.66. The van der Waals surface area contributed by atoms with Gasteiger partial charge in [-0.15, -0.1) is 0 Å². The summed E-state index contributed by atoms with van der Waals surface area (Å²) in [5.74, 6) is 0. The molecule has 266 valence electrons. The van der Waals surface area contributed by atoms with Crippen molar-refractivity contribution in [2.24, 2.45) is 9.98 Å². The Labute approximate surface area is 288 Å². The Morgan fingerprint density at radius 2 is 0.812 bits per heavy atom. The smallest absolute Gasteiger partial charge is 0.218 e. The van der Waals surface area contributed by atoms with Crippen LogP contribution in [-0.4, -0.2) is 81.2 Å². The maximum absolute atomic E-state index is 15.3. The van der Waals surface area contributed by atoms with E-state index >= 15 is 16.8 Å². The molecule has 0 amide bonds.